The van der Waals surface area contributed by atoms with Gasteiger partial charge in [0.15, 0.2) is 9.84 Å². The molecule has 2 rings (SSSR count). The van der Waals surface area contributed by atoms with Crippen LogP contribution in [0, 0.1) is 12.7 Å². The Morgan fingerprint density at radius 3 is 2.48 bits per heavy atom. The molecule has 0 saturated carbocycles. The van der Waals surface area contributed by atoms with Crippen molar-refractivity contribution in [3.05, 3.63) is 53.4 Å². The summed E-state index contributed by atoms with van der Waals surface area (Å²) in [7, 11) is -3.95. The van der Waals surface area contributed by atoms with Crippen LogP contribution in [0.4, 0.5) is 4.39 Å². The lowest BCUT2D eigenvalue weighted by Crippen LogP contribution is -2.12. The molecular weight excluding hydrogens is 299 g/mol. The van der Waals surface area contributed by atoms with E-state index >= 15 is 0 Å². The van der Waals surface area contributed by atoms with E-state index in [1.807, 2.05) is 0 Å². The Hall–Kier alpha value is -2.35. The Kier molecular flexibility index (Phi) is 3.99. The molecule has 0 bridgehead atoms. The number of carbonyl (C=O) groups is 1. The number of aromatic nitrogens is 2. The van der Waals surface area contributed by atoms with Crippen LogP contribution in [0.15, 0.2) is 35.5 Å². The summed E-state index contributed by atoms with van der Waals surface area (Å²) < 4.78 is 38.3. The summed E-state index contributed by atoms with van der Waals surface area (Å²) in [6, 6.07) is 3.26. The van der Waals surface area contributed by atoms with Crippen LogP contribution in [0.2, 0.25) is 0 Å². The number of halogens is 1. The minimum Gasteiger partial charge on any atom is -0.478 e. The maximum Gasteiger partial charge on any atom is 0.335 e. The van der Waals surface area contributed by atoms with Gasteiger partial charge in [-0.05, 0) is 25.1 Å². The van der Waals surface area contributed by atoms with Crippen molar-refractivity contribution >= 4 is 15.8 Å². The van der Waals surface area contributed by atoms with Crippen LogP contribution in [-0.4, -0.2) is 29.5 Å². The van der Waals surface area contributed by atoms with E-state index in [0.717, 1.165) is 12.1 Å². The first-order valence-electron chi connectivity index (χ1n) is 5.83. The van der Waals surface area contributed by atoms with Crippen molar-refractivity contribution in [2.75, 3.05) is 0 Å². The van der Waals surface area contributed by atoms with Gasteiger partial charge in [0.25, 0.3) is 0 Å². The molecule has 2 aromatic rings. The standard InChI is InChI=1S/C13H11FN2O4S/c1-8-10(14)5-9(13(17)18)6-11(8)21(19,20)7-12-15-3-2-4-16-12/h2-6H,7H2,1H3,(H,17,18). The summed E-state index contributed by atoms with van der Waals surface area (Å²) in [5, 5.41) is 8.89. The van der Waals surface area contributed by atoms with Crippen LogP contribution in [0.25, 0.3) is 0 Å². The van der Waals surface area contributed by atoms with Crippen LogP contribution in [0.5, 0.6) is 0 Å². The maximum absolute atomic E-state index is 13.7. The Morgan fingerprint density at radius 1 is 1.29 bits per heavy atom. The second-order valence-corrected chi connectivity index (χ2v) is 6.27. The average Bonchev–Trinajstić information content (AvgIpc) is 2.41. The van der Waals surface area contributed by atoms with Gasteiger partial charge in [-0.1, -0.05) is 0 Å². The molecule has 1 heterocycles. The van der Waals surface area contributed by atoms with Gasteiger partial charge in [0.05, 0.1) is 10.5 Å². The van der Waals surface area contributed by atoms with E-state index in [0.29, 0.717) is 0 Å². The highest BCUT2D eigenvalue weighted by Gasteiger charge is 2.23. The number of nitrogens with zero attached hydrogens (tertiary/aromatic N) is 2. The summed E-state index contributed by atoms with van der Waals surface area (Å²) in [4.78, 5) is 18.1. The highest BCUT2D eigenvalue weighted by Crippen LogP contribution is 2.23. The number of aromatic carboxylic acids is 1. The quantitative estimate of drug-likeness (QED) is 0.921. The Labute approximate surface area is 120 Å². The van der Waals surface area contributed by atoms with Gasteiger partial charge in [0.1, 0.15) is 17.4 Å². The predicted octanol–water partition coefficient (Wildman–Crippen LogP) is 1.60. The highest BCUT2D eigenvalue weighted by atomic mass is 32.2. The monoisotopic (exact) mass is 310 g/mol. The molecule has 0 aliphatic heterocycles. The molecule has 0 unspecified atom stereocenters. The van der Waals surface area contributed by atoms with Crippen molar-refractivity contribution in [2.45, 2.75) is 17.6 Å². The molecule has 0 radical (unpaired) electrons. The fourth-order valence-electron chi connectivity index (χ4n) is 1.75. The van der Waals surface area contributed by atoms with Crippen LogP contribution in [0.1, 0.15) is 21.7 Å². The Balaban J connectivity index is 2.52. The summed E-state index contributed by atoms with van der Waals surface area (Å²) in [5.74, 6) is -2.77. The number of hydrogen-bond donors (Lipinski definition) is 1. The third kappa shape index (κ3) is 3.22. The molecule has 1 N–H and O–H groups in total. The molecular formula is C13H11FN2O4S. The lowest BCUT2D eigenvalue weighted by atomic mass is 10.1. The van der Waals surface area contributed by atoms with E-state index in [1.165, 1.54) is 25.4 Å². The molecule has 0 fully saturated rings. The Bertz CT molecular complexity index is 791. The fourth-order valence-corrected chi connectivity index (χ4v) is 3.27. The second-order valence-electron chi connectivity index (χ2n) is 4.31. The molecule has 1 aromatic carbocycles. The summed E-state index contributed by atoms with van der Waals surface area (Å²) >= 11 is 0. The second kappa shape index (κ2) is 5.57. The molecule has 8 heteroatoms. The topological polar surface area (TPSA) is 97.2 Å². The van der Waals surface area contributed by atoms with Crippen LogP contribution in [0.3, 0.4) is 0 Å². The summed E-state index contributed by atoms with van der Waals surface area (Å²) in [5.41, 5.74) is -0.554. The minimum absolute atomic E-state index is 0.0537. The first-order valence-corrected chi connectivity index (χ1v) is 7.48. The summed E-state index contributed by atoms with van der Waals surface area (Å²) in [6.45, 7) is 1.28. The molecule has 1 aromatic heterocycles. The summed E-state index contributed by atoms with van der Waals surface area (Å²) in [6.07, 6.45) is 2.78. The van der Waals surface area contributed by atoms with Crippen LogP contribution < -0.4 is 0 Å². The van der Waals surface area contributed by atoms with Crippen LogP contribution >= 0.6 is 0 Å². The van der Waals surface area contributed by atoms with Gasteiger partial charge in [-0.15, -0.1) is 0 Å². The van der Waals surface area contributed by atoms with E-state index in [1.54, 1.807) is 0 Å². The van der Waals surface area contributed by atoms with Crippen molar-refractivity contribution < 1.29 is 22.7 Å². The number of benzene rings is 1. The molecule has 0 amide bonds. The molecule has 110 valence electrons. The smallest absolute Gasteiger partial charge is 0.335 e. The van der Waals surface area contributed by atoms with Crippen molar-refractivity contribution in [3.63, 3.8) is 0 Å². The maximum atomic E-state index is 13.7. The van der Waals surface area contributed by atoms with Crippen molar-refractivity contribution in [1.29, 1.82) is 0 Å². The SMILES string of the molecule is Cc1c(F)cc(C(=O)O)cc1S(=O)(=O)Cc1ncccn1. The number of carboxylic acid groups (broad SMARTS) is 1. The van der Waals surface area contributed by atoms with Gasteiger partial charge in [0, 0.05) is 18.0 Å². The average molecular weight is 310 g/mol. The van der Waals surface area contributed by atoms with E-state index in [4.69, 9.17) is 5.11 Å². The molecule has 0 aliphatic carbocycles. The van der Waals surface area contributed by atoms with Crippen molar-refractivity contribution in [1.82, 2.24) is 9.97 Å². The zero-order valence-electron chi connectivity index (χ0n) is 10.9. The minimum atomic E-state index is -3.95. The molecule has 0 atom stereocenters. The number of rotatable bonds is 4. The van der Waals surface area contributed by atoms with Crippen molar-refractivity contribution in [3.8, 4) is 0 Å². The third-order valence-electron chi connectivity index (χ3n) is 2.82. The number of hydrogen-bond acceptors (Lipinski definition) is 5. The normalized spacial score (nSPS) is 11.3. The zero-order chi connectivity index (χ0) is 15.6. The van der Waals surface area contributed by atoms with E-state index < -0.39 is 32.9 Å². The van der Waals surface area contributed by atoms with Crippen LogP contribution in [-0.2, 0) is 15.6 Å². The van der Waals surface area contributed by atoms with Gasteiger partial charge < -0.3 is 5.11 Å². The molecule has 0 spiro atoms. The predicted molar refractivity (Wildman–Crippen MR) is 71.0 cm³/mol. The lowest BCUT2D eigenvalue weighted by molar-refractivity contribution is 0.0696. The van der Waals surface area contributed by atoms with E-state index in [2.05, 4.69) is 9.97 Å². The zero-order valence-corrected chi connectivity index (χ0v) is 11.8. The van der Waals surface area contributed by atoms with E-state index in [9.17, 15) is 17.6 Å². The molecule has 0 saturated heterocycles. The van der Waals surface area contributed by atoms with Gasteiger partial charge in [-0.2, -0.15) is 0 Å². The largest absolute Gasteiger partial charge is 0.478 e. The Morgan fingerprint density at radius 2 is 1.90 bits per heavy atom. The van der Waals surface area contributed by atoms with Gasteiger partial charge >= 0.3 is 5.97 Å². The van der Waals surface area contributed by atoms with Gasteiger partial charge in [-0.25, -0.2) is 27.6 Å². The lowest BCUT2D eigenvalue weighted by Gasteiger charge is -2.09. The fraction of sp³-hybridized carbons (Fsp3) is 0.154. The van der Waals surface area contributed by atoms with Gasteiger partial charge in [-0.3, -0.25) is 0 Å². The first-order chi connectivity index (χ1) is 9.81. The third-order valence-corrected chi connectivity index (χ3v) is 4.55. The number of sulfone groups is 1. The first kappa shape index (κ1) is 15.0. The van der Waals surface area contributed by atoms with Crippen molar-refractivity contribution in [2.24, 2.45) is 0 Å². The molecule has 21 heavy (non-hydrogen) atoms. The molecule has 6 nitrogen and oxygen atoms in total. The van der Waals surface area contributed by atoms with Gasteiger partial charge in [0.2, 0.25) is 0 Å². The van der Waals surface area contributed by atoms with E-state index in [-0.39, 0.29) is 16.3 Å². The number of carboxylic acids is 1. The molecule has 0 aliphatic rings. The highest BCUT2D eigenvalue weighted by molar-refractivity contribution is 7.90.